The van der Waals surface area contributed by atoms with Crippen LogP contribution in [0.5, 0.6) is 0 Å². The molecule has 1 saturated heterocycles. The largest absolute Gasteiger partial charge is 0.302 e. The number of benzene rings is 1. The van der Waals surface area contributed by atoms with Gasteiger partial charge in [-0.3, -0.25) is 0 Å². The van der Waals surface area contributed by atoms with Gasteiger partial charge in [-0.15, -0.1) is 0 Å². The summed E-state index contributed by atoms with van der Waals surface area (Å²) >= 11 is 0. The second-order valence-corrected chi connectivity index (χ2v) is 7.06. The molecule has 0 saturated carbocycles. The Morgan fingerprint density at radius 2 is 1.71 bits per heavy atom. The zero-order valence-corrected chi connectivity index (χ0v) is 12.9. The molecule has 0 aliphatic carbocycles. The van der Waals surface area contributed by atoms with Gasteiger partial charge in [0.2, 0.25) is 10.0 Å². The molecule has 0 radical (unpaired) electrons. The van der Waals surface area contributed by atoms with Crippen LogP contribution in [0, 0.1) is 11.3 Å². The molecule has 1 aromatic carbocycles. The second-order valence-electron chi connectivity index (χ2n) is 5.29. The number of nitrogens with zero attached hydrogens (tertiary/aromatic N) is 2. The molecule has 0 bridgehead atoms. The highest BCUT2D eigenvalue weighted by molar-refractivity contribution is 7.89. The molecule has 1 heterocycles. The minimum Gasteiger partial charge on any atom is -0.302 e. The molecule has 2 rings (SSSR count). The van der Waals surface area contributed by atoms with Crippen LogP contribution in [-0.2, 0) is 10.0 Å². The van der Waals surface area contributed by atoms with Gasteiger partial charge < -0.3 is 4.90 Å². The van der Waals surface area contributed by atoms with E-state index in [0.29, 0.717) is 12.1 Å². The number of nitriles is 1. The van der Waals surface area contributed by atoms with Crippen molar-refractivity contribution in [1.29, 1.82) is 5.26 Å². The van der Waals surface area contributed by atoms with Crippen LogP contribution in [0.15, 0.2) is 29.2 Å². The second kappa shape index (κ2) is 7.55. The summed E-state index contributed by atoms with van der Waals surface area (Å²) in [6.07, 6.45) is 4.94. The van der Waals surface area contributed by atoms with Crippen molar-refractivity contribution in [2.24, 2.45) is 0 Å². The van der Waals surface area contributed by atoms with E-state index < -0.39 is 10.0 Å². The Labute approximate surface area is 126 Å². The topological polar surface area (TPSA) is 73.2 Å². The van der Waals surface area contributed by atoms with E-state index in [-0.39, 0.29) is 4.90 Å². The van der Waals surface area contributed by atoms with E-state index in [9.17, 15) is 8.42 Å². The predicted octanol–water partition coefficient (Wildman–Crippen LogP) is 1.71. The maximum absolute atomic E-state index is 12.1. The summed E-state index contributed by atoms with van der Waals surface area (Å²) in [5.41, 5.74) is 0.457. The van der Waals surface area contributed by atoms with Crippen molar-refractivity contribution in [1.82, 2.24) is 9.62 Å². The van der Waals surface area contributed by atoms with Gasteiger partial charge in [-0.2, -0.15) is 5.26 Å². The summed E-state index contributed by atoms with van der Waals surface area (Å²) in [7, 11) is -3.48. The maximum atomic E-state index is 12.1. The molecule has 6 heteroatoms. The van der Waals surface area contributed by atoms with Crippen LogP contribution < -0.4 is 4.72 Å². The highest BCUT2D eigenvalue weighted by atomic mass is 32.2. The van der Waals surface area contributed by atoms with Crippen molar-refractivity contribution in [3.05, 3.63) is 29.8 Å². The van der Waals surface area contributed by atoms with Crippen LogP contribution in [-0.4, -0.2) is 39.5 Å². The Balaban J connectivity index is 1.87. The SMILES string of the molecule is N#Cc1ccc(S(=O)(=O)NCCN2CCCCCC2)cc1. The van der Waals surface area contributed by atoms with E-state index >= 15 is 0 Å². The van der Waals surface area contributed by atoms with Crippen LogP contribution in [0.3, 0.4) is 0 Å². The fourth-order valence-electron chi connectivity index (χ4n) is 2.49. The molecule has 0 atom stereocenters. The summed E-state index contributed by atoms with van der Waals surface area (Å²) in [4.78, 5) is 2.52. The molecular weight excluding hydrogens is 286 g/mol. The number of nitrogens with one attached hydrogen (secondary N) is 1. The van der Waals surface area contributed by atoms with Gasteiger partial charge >= 0.3 is 0 Å². The molecule has 0 aromatic heterocycles. The first-order chi connectivity index (χ1) is 10.1. The predicted molar refractivity (Wildman–Crippen MR) is 81.3 cm³/mol. The smallest absolute Gasteiger partial charge is 0.240 e. The molecule has 5 nitrogen and oxygen atoms in total. The number of likely N-dealkylation sites (tertiary alicyclic amines) is 1. The first kappa shape index (κ1) is 16.0. The number of hydrogen-bond donors (Lipinski definition) is 1. The molecule has 1 aliphatic heterocycles. The molecule has 1 aromatic rings. The van der Waals surface area contributed by atoms with Crippen molar-refractivity contribution in [3.63, 3.8) is 0 Å². The fourth-order valence-corrected chi connectivity index (χ4v) is 3.51. The van der Waals surface area contributed by atoms with Crippen LogP contribution in [0.1, 0.15) is 31.2 Å². The number of rotatable bonds is 5. The zero-order chi connectivity index (χ0) is 15.1. The zero-order valence-electron chi connectivity index (χ0n) is 12.1. The summed E-state index contributed by atoms with van der Waals surface area (Å²) in [6.45, 7) is 3.27. The Hall–Kier alpha value is -1.42. The summed E-state index contributed by atoms with van der Waals surface area (Å²) in [5.74, 6) is 0. The van der Waals surface area contributed by atoms with Crippen molar-refractivity contribution in [3.8, 4) is 6.07 Å². The Bertz CT molecular complexity index is 582. The third kappa shape index (κ3) is 4.81. The number of hydrogen-bond acceptors (Lipinski definition) is 4. The van der Waals surface area contributed by atoms with E-state index in [4.69, 9.17) is 5.26 Å². The van der Waals surface area contributed by atoms with Crippen molar-refractivity contribution in [2.75, 3.05) is 26.2 Å². The van der Waals surface area contributed by atoms with Gasteiger partial charge in [0.1, 0.15) is 0 Å². The van der Waals surface area contributed by atoms with Gasteiger partial charge in [-0.05, 0) is 50.2 Å². The van der Waals surface area contributed by atoms with E-state index in [2.05, 4.69) is 9.62 Å². The van der Waals surface area contributed by atoms with Crippen LogP contribution in [0.4, 0.5) is 0 Å². The lowest BCUT2D eigenvalue weighted by Gasteiger charge is -2.19. The average Bonchev–Trinajstić information content (AvgIpc) is 2.76. The maximum Gasteiger partial charge on any atom is 0.240 e. The first-order valence-electron chi connectivity index (χ1n) is 7.34. The third-order valence-corrected chi connectivity index (χ3v) is 5.19. The molecule has 1 aliphatic rings. The van der Waals surface area contributed by atoms with Crippen LogP contribution in [0.2, 0.25) is 0 Å². The van der Waals surface area contributed by atoms with Crippen molar-refractivity contribution >= 4 is 10.0 Å². The van der Waals surface area contributed by atoms with Gasteiger partial charge in [0, 0.05) is 13.1 Å². The van der Waals surface area contributed by atoms with Gasteiger partial charge in [-0.1, -0.05) is 12.8 Å². The van der Waals surface area contributed by atoms with E-state index in [1.807, 2.05) is 6.07 Å². The lowest BCUT2D eigenvalue weighted by molar-refractivity contribution is 0.290. The molecule has 21 heavy (non-hydrogen) atoms. The number of sulfonamides is 1. The molecule has 0 amide bonds. The standard InChI is InChI=1S/C15H21N3O2S/c16-13-14-5-7-15(8-6-14)21(19,20)17-9-12-18-10-3-1-2-4-11-18/h5-8,17H,1-4,9-12H2. The minimum absolute atomic E-state index is 0.206. The molecule has 0 spiro atoms. The van der Waals surface area contributed by atoms with Gasteiger partial charge in [-0.25, -0.2) is 13.1 Å². The normalized spacial score (nSPS) is 17.1. The van der Waals surface area contributed by atoms with Crippen LogP contribution >= 0.6 is 0 Å². The molecular formula is C15H21N3O2S. The highest BCUT2D eigenvalue weighted by Gasteiger charge is 2.14. The summed E-state index contributed by atoms with van der Waals surface area (Å²) in [6, 6.07) is 7.94. The molecule has 0 unspecified atom stereocenters. The van der Waals surface area contributed by atoms with E-state index in [0.717, 1.165) is 19.6 Å². The lowest BCUT2D eigenvalue weighted by atomic mass is 10.2. The average molecular weight is 307 g/mol. The van der Waals surface area contributed by atoms with Gasteiger partial charge in [0.05, 0.1) is 16.5 Å². The molecule has 114 valence electrons. The van der Waals surface area contributed by atoms with E-state index in [1.54, 1.807) is 0 Å². The van der Waals surface area contributed by atoms with Crippen molar-refractivity contribution < 1.29 is 8.42 Å². The quantitative estimate of drug-likeness (QED) is 0.899. The highest BCUT2D eigenvalue weighted by Crippen LogP contribution is 2.11. The third-order valence-electron chi connectivity index (χ3n) is 3.71. The van der Waals surface area contributed by atoms with Gasteiger partial charge in [0.15, 0.2) is 0 Å². The monoisotopic (exact) mass is 307 g/mol. The lowest BCUT2D eigenvalue weighted by Crippen LogP contribution is -2.35. The Morgan fingerprint density at radius 1 is 1.10 bits per heavy atom. The minimum atomic E-state index is -3.48. The molecule has 1 N–H and O–H groups in total. The first-order valence-corrected chi connectivity index (χ1v) is 8.82. The van der Waals surface area contributed by atoms with Crippen molar-refractivity contribution in [2.45, 2.75) is 30.6 Å². The summed E-state index contributed by atoms with van der Waals surface area (Å²) < 4.78 is 26.9. The summed E-state index contributed by atoms with van der Waals surface area (Å²) in [5, 5.41) is 8.72. The fraction of sp³-hybridized carbons (Fsp3) is 0.533. The Morgan fingerprint density at radius 3 is 2.29 bits per heavy atom. The van der Waals surface area contributed by atoms with E-state index in [1.165, 1.54) is 49.9 Å². The molecule has 1 fully saturated rings. The Kier molecular flexibility index (Phi) is 5.74. The van der Waals surface area contributed by atoms with Crippen LogP contribution in [0.25, 0.3) is 0 Å². The van der Waals surface area contributed by atoms with Gasteiger partial charge in [0.25, 0.3) is 0 Å².